The topological polar surface area (TPSA) is 51.1 Å². The van der Waals surface area contributed by atoms with E-state index >= 15 is 0 Å². The Balaban J connectivity index is 1.65. The summed E-state index contributed by atoms with van der Waals surface area (Å²) in [5.41, 5.74) is -0.354. The van der Waals surface area contributed by atoms with Crippen LogP contribution in [0.1, 0.15) is 30.7 Å². The molecule has 0 aliphatic carbocycles. The molecule has 0 amide bonds. The van der Waals surface area contributed by atoms with E-state index in [0.717, 1.165) is 25.5 Å². The second kappa shape index (κ2) is 7.96. The zero-order valence-electron chi connectivity index (χ0n) is 12.9. The van der Waals surface area contributed by atoms with Crippen molar-refractivity contribution in [2.24, 2.45) is 0 Å². The lowest BCUT2D eigenvalue weighted by atomic mass is 10.2. The number of ether oxygens (including phenoxy) is 1. The molecule has 1 atom stereocenters. The molecular formula is C14H21F3N4OS. The normalized spacial score (nSPS) is 18.2. The molecule has 0 saturated carbocycles. The van der Waals surface area contributed by atoms with E-state index < -0.39 is 11.9 Å². The Bertz CT molecular complexity index is 527. The van der Waals surface area contributed by atoms with Gasteiger partial charge in [-0.05, 0) is 44.5 Å². The fraction of sp³-hybridized carbons (Fsp3) is 0.714. The summed E-state index contributed by atoms with van der Waals surface area (Å²) in [7, 11) is 0. The Labute approximate surface area is 138 Å². The third-order valence-corrected chi connectivity index (χ3v) is 3.91. The van der Waals surface area contributed by atoms with E-state index in [0.29, 0.717) is 36.9 Å². The summed E-state index contributed by atoms with van der Waals surface area (Å²) in [5.74, 6) is 0. The van der Waals surface area contributed by atoms with Gasteiger partial charge in [0.2, 0.25) is 0 Å². The van der Waals surface area contributed by atoms with Gasteiger partial charge in [-0.15, -0.1) is 0 Å². The zero-order valence-corrected chi connectivity index (χ0v) is 13.8. The van der Waals surface area contributed by atoms with Gasteiger partial charge in [0.1, 0.15) is 0 Å². The van der Waals surface area contributed by atoms with E-state index in [4.69, 9.17) is 17.0 Å². The van der Waals surface area contributed by atoms with Crippen LogP contribution in [0.3, 0.4) is 0 Å². The summed E-state index contributed by atoms with van der Waals surface area (Å²) in [5, 5.41) is 10.2. The van der Waals surface area contributed by atoms with Gasteiger partial charge in [0.15, 0.2) is 10.8 Å². The van der Waals surface area contributed by atoms with Gasteiger partial charge in [0.05, 0.1) is 6.10 Å². The van der Waals surface area contributed by atoms with Gasteiger partial charge in [-0.2, -0.15) is 18.3 Å². The van der Waals surface area contributed by atoms with Crippen LogP contribution in [-0.4, -0.2) is 40.7 Å². The average molecular weight is 350 g/mol. The van der Waals surface area contributed by atoms with Gasteiger partial charge < -0.3 is 15.4 Å². The van der Waals surface area contributed by atoms with Crippen LogP contribution in [0.5, 0.6) is 0 Å². The molecule has 1 fully saturated rings. The first kappa shape index (κ1) is 18.0. The number of nitrogens with one attached hydrogen (secondary N) is 2. The fourth-order valence-electron chi connectivity index (χ4n) is 2.38. The highest BCUT2D eigenvalue weighted by Gasteiger charge is 2.34. The van der Waals surface area contributed by atoms with E-state index in [1.165, 1.54) is 4.68 Å². The highest BCUT2D eigenvalue weighted by atomic mass is 32.1. The number of aromatic nitrogens is 2. The van der Waals surface area contributed by atoms with Gasteiger partial charge >= 0.3 is 6.18 Å². The molecule has 1 aromatic heterocycles. The van der Waals surface area contributed by atoms with Gasteiger partial charge in [-0.25, -0.2) is 0 Å². The SMILES string of the molecule is Cc1cc(C(F)(F)F)nn1CCCNC(=S)NCC1CCCO1. The Morgan fingerprint density at radius 3 is 2.87 bits per heavy atom. The fourth-order valence-corrected chi connectivity index (χ4v) is 2.57. The Morgan fingerprint density at radius 1 is 1.48 bits per heavy atom. The maximum atomic E-state index is 12.6. The Kier molecular flexibility index (Phi) is 6.23. The van der Waals surface area contributed by atoms with Crippen molar-refractivity contribution >= 4 is 17.3 Å². The number of aryl methyl sites for hydroxylation is 2. The van der Waals surface area contributed by atoms with Crippen LogP contribution in [0.4, 0.5) is 13.2 Å². The first-order valence-corrected chi connectivity index (χ1v) is 8.02. The molecule has 130 valence electrons. The molecule has 1 unspecified atom stereocenters. The molecular weight excluding hydrogens is 329 g/mol. The zero-order chi connectivity index (χ0) is 16.9. The van der Waals surface area contributed by atoms with Crippen LogP contribution in [0.2, 0.25) is 0 Å². The quantitative estimate of drug-likeness (QED) is 0.609. The maximum Gasteiger partial charge on any atom is 0.435 e. The van der Waals surface area contributed by atoms with Gasteiger partial charge in [0, 0.05) is 31.9 Å². The summed E-state index contributed by atoms with van der Waals surface area (Å²) in [6, 6.07) is 1.06. The molecule has 1 aliphatic rings. The minimum absolute atomic E-state index is 0.210. The van der Waals surface area contributed by atoms with Crippen LogP contribution in [0.25, 0.3) is 0 Å². The summed E-state index contributed by atoms with van der Waals surface area (Å²) in [4.78, 5) is 0. The number of rotatable bonds is 6. The average Bonchev–Trinajstić information content (AvgIpc) is 3.10. The lowest BCUT2D eigenvalue weighted by Gasteiger charge is -2.14. The molecule has 0 radical (unpaired) electrons. The molecule has 1 saturated heterocycles. The number of thiocarbonyl (C=S) groups is 1. The maximum absolute atomic E-state index is 12.6. The summed E-state index contributed by atoms with van der Waals surface area (Å²) in [6.45, 7) is 4.07. The van der Waals surface area contributed by atoms with E-state index in [1.54, 1.807) is 6.92 Å². The van der Waals surface area contributed by atoms with Crippen LogP contribution >= 0.6 is 12.2 Å². The van der Waals surface area contributed by atoms with Crippen molar-refractivity contribution in [1.29, 1.82) is 0 Å². The summed E-state index contributed by atoms with van der Waals surface area (Å²) in [6.07, 6.45) is -1.45. The minimum Gasteiger partial charge on any atom is -0.376 e. The molecule has 0 bridgehead atoms. The van der Waals surface area contributed by atoms with Crippen molar-refractivity contribution in [2.45, 2.75) is 45.0 Å². The number of halogens is 3. The van der Waals surface area contributed by atoms with Gasteiger partial charge in [-0.3, -0.25) is 4.68 Å². The van der Waals surface area contributed by atoms with Crippen LogP contribution in [0.15, 0.2) is 6.07 Å². The highest BCUT2D eigenvalue weighted by Crippen LogP contribution is 2.28. The second-order valence-corrected chi connectivity index (χ2v) is 5.93. The first-order chi connectivity index (χ1) is 10.9. The van der Waals surface area contributed by atoms with E-state index in [-0.39, 0.29) is 6.10 Å². The number of alkyl halides is 3. The largest absolute Gasteiger partial charge is 0.435 e. The predicted octanol–water partition coefficient (Wildman–Crippen LogP) is 2.24. The van der Waals surface area contributed by atoms with Gasteiger partial charge in [-0.1, -0.05) is 0 Å². The molecule has 23 heavy (non-hydrogen) atoms. The molecule has 9 heteroatoms. The van der Waals surface area contributed by atoms with E-state index in [1.807, 2.05) is 0 Å². The number of hydrogen-bond acceptors (Lipinski definition) is 3. The smallest absolute Gasteiger partial charge is 0.376 e. The predicted molar refractivity (Wildman–Crippen MR) is 84.2 cm³/mol. The standard InChI is InChI=1S/C14H21F3N4OS/c1-10-8-12(14(15,16)17)20-21(10)6-3-5-18-13(23)19-9-11-4-2-7-22-11/h8,11H,2-7,9H2,1H3,(H2,18,19,23). The Morgan fingerprint density at radius 2 is 2.26 bits per heavy atom. The molecule has 5 nitrogen and oxygen atoms in total. The van der Waals surface area contributed by atoms with Gasteiger partial charge in [0.25, 0.3) is 0 Å². The monoisotopic (exact) mass is 350 g/mol. The van der Waals surface area contributed by atoms with Crippen molar-refractivity contribution in [2.75, 3.05) is 19.7 Å². The minimum atomic E-state index is -4.40. The summed E-state index contributed by atoms with van der Waals surface area (Å²) < 4.78 is 44.5. The lowest BCUT2D eigenvalue weighted by molar-refractivity contribution is -0.141. The molecule has 2 N–H and O–H groups in total. The van der Waals surface area contributed by atoms with Crippen LogP contribution < -0.4 is 10.6 Å². The third-order valence-electron chi connectivity index (χ3n) is 3.62. The van der Waals surface area contributed by atoms with Crippen molar-refractivity contribution in [3.05, 3.63) is 17.5 Å². The lowest BCUT2D eigenvalue weighted by Crippen LogP contribution is -2.39. The second-order valence-electron chi connectivity index (χ2n) is 5.52. The molecule has 2 heterocycles. The molecule has 2 rings (SSSR count). The first-order valence-electron chi connectivity index (χ1n) is 7.61. The van der Waals surface area contributed by atoms with E-state index in [9.17, 15) is 13.2 Å². The number of hydrogen-bond donors (Lipinski definition) is 2. The van der Waals surface area contributed by atoms with Crippen molar-refractivity contribution < 1.29 is 17.9 Å². The van der Waals surface area contributed by atoms with Crippen LogP contribution in [-0.2, 0) is 17.5 Å². The Hall–Kier alpha value is -1.35. The third kappa shape index (κ3) is 5.65. The van der Waals surface area contributed by atoms with Crippen molar-refractivity contribution in [3.8, 4) is 0 Å². The molecule has 0 aromatic carbocycles. The highest BCUT2D eigenvalue weighted by molar-refractivity contribution is 7.80. The van der Waals surface area contributed by atoms with Crippen LogP contribution in [0, 0.1) is 6.92 Å². The number of nitrogens with zero attached hydrogens (tertiary/aromatic N) is 2. The molecule has 1 aromatic rings. The molecule has 1 aliphatic heterocycles. The molecule has 0 spiro atoms. The van der Waals surface area contributed by atoms with Crippen molar-refractivity contribution in [1.82, 2.24) is 20.4 Å². The van der Waals surface area contributed by atoms with E-state index in [2.05, 4.69) is 15.7 Å². The van der Waals surface area contributed by atoms with Crippen molar-refractivity contribution in [3.63, 3.8) is 0 Å². The summed E-state index contributed by atoms with van der Waals surface area (Å²) >= 11 is 5.15.